The second-order valence-electron chi connectivity index (χ2n) is 4.45. The van der Waals surface area contributed by atoms with Gasteiger partial charge in [-0.15, -0.1) is 0 Å². The molecule has 0 aromatic heterocycles. The van der Waals surface area contributed by atoms with E-state index in [1.807, 2.05) is 32.9 Å². The molecule has 0 aliphatic carbocycles. The molecule has 0 atom stereocenters. The monoisotopic (exact) mass is 248 g/mol. The Bertz CT molecular complexity index is 450. The van der Waals surface area contributed by atoms with Crippen molar-refractivity contribution < 1.29 is 14.6 Å². The first kappa shape index (κ1) is 14.3. The third-order valence-corrected chi connectivity index (χ3v) is 2.71. The smallest absolute Gasteiger partial charge is 0.328 e. The van der Waals surface area contributed by atoms with E-state index in [0.29, 0.717) is 6.61 Å². The zero-order valence-corrected chi connectivity index (χ0v) is 11.4. The van der Waals surface area contributed by atoms with Gasteiger partial charge in [0.1, 0.15) is 5.75 Å². The summed E-state index contributed by atoms with van der Waals surface area (Å²) in [5.41, 5.74) is 3.83. The maximum absolute atomic E-state index is 10.7. The molecule has 1 aromatic carbocycles. The van der Waals surface area contributed by atoms with Crippen LogP contribution in [-0.2, 0) is 4.79 Å². The van der Waals surface area contributed by atoms with Crippen LogP contribution in [0.3, 0.4) is 0 Å². The molecule has 0 saturated carbocycles. The average Bonchev–Trinajstić information content (AvgIpc) is 2.24. The summed E-state index contributed by atoms with van der Waals surface area (Å²) in [6.07, 6.45) is 2.21. The van der Waals surface area contributed by atoms with Crippen LogP contribution in [0.5, 0.6) is 5.75 Å². The summed E-state index contributed by atoms with van der Waals surface area (Å²) in [5.74, 6) is -0.0728. The number of aliphatic carboxylic acids is 1. The minimum atomic E-state index is -0.919. The molecule has 0 amide bonds. The van der Waals surface area contributed by atoms with Crippen LogP contribution in [0.25, 0.3) is 5.57 Å². The zero-order valence-electron chi connectivity index (χ0n) is 11.4. The first-order valence-corrected chi connectivity index (χ1v) is 6.11. The maximum atomic E-state index is 10.7. The summed E-state index contributed by atoms with van der Waals surface area (Å²) in [7, 11) is 0. The Kier molecular flexibility index (Phi) is 4.95. The lowest BCUT2D eigenvalue weighted by Gasteiger charge is -2.13. The SMILES string of the molecule is CCCOc1cc(C)c(/C(C)=C/C(=O)O)c(C)c1. The van der Waals surface area contributed by atoms with Gasteiger partial charge in [0.2, 0.25) is 0 Å². The van der Waals surface area contributed by atoms with Crippen molar-refractivity contribution in [2.24, 2.45) is 0 Å². The second kappa shape index (κ2) is 6.24. The van der Waals surface area contributed by atoms with Gasteiger partial charge in [0.15, 0.2) is 0 Å². The summed E-state index contributed by atoms with van der Waals surface area (Å²) >= 11 is 0. The lowest BCUT2D eigenvalue weighted by Crippen LogP contribution is -1.99. The van der Waals surface area contributed by atoms with Crippen molar-refractivity contribution >= 4 is 11.5 Å². The highest BCUT2D eigenvalue weighted by atomic mass is 16.5. The van der Waals surface area contributed by atoms with Crippen molar-refractivity contribution in [3.63, 3.8) is 0 Å². The fourth-order valence-corrected chi connectivity index (χ4v) is 2.11. The molecule has 1 N–H and O–H groups in total. The summed E-state index contributed by atoms with van der Waals surface area (Å²) in [6, 6.07) is 3.91. The van der Waals surface area contributed by atoms with E-state index in [1.54, 1.807) is 0 Å². The molecule has 0 heterocycles. The van der Waals surface area contributed by atoms with E-state index in [4.69, 9.17) is 9.84 Å². The van der Waals surface area contributed by atoms with E-state index in [9.17, 15) is 4.79 Å². The molecule has 0 radical (unpaired) electrons. The van der Waals surface area contributed by atoms with E-state index < -0.39 is 5.97 Å². The van der Waals surface area contributed by atoms with Crippen LogP contribution in [0.15, 0.2) is 18.2 Å². The Hall–Kier alpha value is -1.77. The fraction of sp³-hybridized carbons (Fsp3) is 0.400. The van der Waals surface area contributed by atoms with Crippen molar-refractivity contribution in [2.75, 3.05) is 6.61 Å². The van der Waals surface area contributed by atoms with Crippen molar-refractivity contribution in [2.45, 2.75) is 34.1 Å². The molecule has 3 heteroatoms. The van der Waals surface area contributed by atoms with E-state index in [2.05, 4.69) is 6.92 Å². The van der Waals surface area contributed by atoms with Gasteiger partial charge in [0, 0.05) is 6.08 Å². The van der Waals surface area contributed by atoms with Crippen LogP contribution < -0.4 is 4.74 Å². The average molecular weight is 248 g/mol. The molecule has 0 bridgehead atoms. The van der Waals surface area contributed by atoms with Gasteiger partial charge in [0.25, 0.3) is 0 Å². The lowest BCUT2D eigenvalue weighted by molar-refractivity contribution is -0.131. The second-order valence-corrected chi connectivity index (χ2v) is 4.45. The molecule has 98 valence electrons. The maximum Gasteiger partial charge on any atom is 0.328 e. The van der Waals surface area contributed by atoms with Gasteiger partial charge in [0.05, 0.1) is 6.61 Å². The van der Waals surface area contributed by atoms with E-state index in [1.165, 1.54) is 6.08 Å². The number of benzene rings is 1. The molecule has 1 aromatic rings. The van der Waals surface area contributed by atoms with Crippen molar-refractivity contribution in [3.05, 3.63) is 34.9 Å². The fourth-order valence-electron chi connectivity index (χ4n) is 2.11. The summed E-state index contributed by atoms with van der Waals surface area (Å²) in [6.45, 7) is 8.52. The quantitative estimate of drug-likeness (QED) is 0.810. The molecule has 0 aliphatic heterocycles. The topological polar surface area (TPSA) is 46.5 Å². The minimum absolute atomic E-state index is 0.697. The molecular weight excluding hydrogens is 228 g/mol. The zero-order chi connectivity index (χ0) is 13.7. The van der Waals surface area contributed by atoms with Crippen molar-refractivity contribution in [1.29, 1.82) is 0 Å². The number of ether oxygens (including phenoxy) is 1. The molecule has 0 spiro atoms. The van der Waals surface area contributed by atoms with Crippen LogP contribution in [0, 0.1) is 13.8 Å². The lowest BCUT2D eigenvalue weighted by atomic mass is 9.96. The largest absolute Gasteiger partial charge is 0.494 e. The van der Waals surface area contributed by atoms with E-state index >= 15 is 0 Å². The molecule has 0 fully saturated rings. The van der Waals surface area contributed by atoms with Crippen LogP contribution >= 0.6 is 0 Å². The van der Waals surface area contributed by atoms with Crippen LogP contribution in [0.1, 0.15) is 37.0 Å². The number of hydrogen-bond donors (Lipinski definition) is 1. The highest BCUT2D eigenvalue weighted by molar-refractivity contribution is 5.90. The van der Waals surface area contributed by atoms with Gasteiger partial charge in [-0.3, -0.25) is 0 Å². The predicted octanol–water partition coefficient (Wildman–Crippen LogP) is 3.58. The standard InChI is InChI=1S/C15H20O3/c1-5-6-18-13-7-10(2)15(11(3)8-13)12(4)9-14(16)17/h7-9H,5-6H2,1-4H3,(H,16,17)/b12-9+. The normalized spacial score (nSPS) is 11.4. The number of carbonyl (C=O) groups is 1. The Morgan fingerprint density at radius 2 is 1.89 bits per heavy atom. The predicted molar refractivity (Wildman–Crippen MR) is 73.0 cm³/mol. The third kappa shape index (κ3) is 3.62. The Morgan fingerprint density at radius 3 is 2.33 bits per heavy atom. The number of rotatable bonds is 5. The molecule has 0 unspecified atom stereocenters. The summed E-state index contributed by atoms with van der Waals surface area (Å²) in [5, 5.41) is 8.80. The van der Waals surface area contributed by atoms with Gasteiger partial charge >= 0.3 is 5.97 Å². The van der Waals surface area contributed by atoms with Gasteiger partial charge < -0.3 is 9.84 Å². The molecule has 0 saturated heterocycles. The van der Waals surface area contributed by atoms with Gasteiger partial charge in [-0.2, -0.15) is 0 Å². The molecule has 1 rings (SSSR count). The highest BCUT2D eigenvalue weighted by Gasteiger charge is 2.08. The molecular formula is C15H20O3. The number of allylic oxidation sites excluding steroid dienone is 1. The van der Waals surface area contributed by atoms with Gasteiger partial charge in [-0.1, -0.05) is 6.92 Å². The van der Waals surface area contributed by atoms with Gasteiger partial charge in [-0.05, 0) is 61.6 Å². The van der Waals surface area contributed by atoms with E-state index in [-0.39, 0.29) is 0 Å². The number of carboxylic acid groups (broad SMARTS) is 1. The summed E-state index contributed by atoms with van der Waals surface area (Å²) in [4.78, 5) is 10.7. The van der Waals surface area contributed by atoms with Crippen LogP contribution in [0.2, 0.25) is 0 Å². The van der Waals surface area contributed by atoms with E-state index in [0.717, 1.165) is 34.4 Å². The Morgan fingerprint density at radius 1 is 1.33 bits per heavy atom. The first-order chi connectivity index (χ1) is 8.45. The van der Waals surface area contributed by atoms with Crippen molar-refractivity contribution in [3.8, 4) is 5.75 Å². The van der Waals surface area contributed by atoms with Crippen molar-refractivity contribution in [1.82, 2.24) is 0 Å². The Labute approximate surface area is 108 Å². The van der Waals surface area contributed by atoms with Crippen LogP contribution in [0.4, 0.5) is 0 Å². The minimum Gasteiger partial charge on any atom is -0.494 e. The third-order valence-electron chi connectivity index (χ3n) is 2.71. The number of hydrogen-bond acceptors (Lipinski definition) is 2. The van der Waals surface area contributed by atoms with Gasteiger partial charge in [-0.25, -0.2) is 4.79 Å². The number of aryl methyl sites for hydroxylation is 2. The molecule has 0 aliphatic rings. The molecule has 18 heavy (non-hydrogen) atoms. The summed E-state index contributed by atoms with van der Waals surface area (Å²) < 4.78 is 5.60. The van der Waals surface area contributed by atoms with Crippen LogP contribution in [-0.4, -0.2) is 17.7 Å². The highest BCUT2D eigenvalue weighted by Crippen LogP contribution is 2.27. The number of carboxylic acids is 1. The molecule has 3 nitrogen and oxygen atoms in total. The Balaban J connectivity index is 3.12. The first-order valence-electron chi connectivity index (χ1n) is 6.11.